The number of hydrogen-bond donors (Lipinski definition) is 1. The van der Waals surface area contributed by atoms with Gasteiger partial charge in [-0.1, -0.05) is 78.9 Å². The molecule has 0 radical (unpaired) electrons. The van der Waals surface area contributed by atoms with Gasteiger partial charge in [-0.2, -0.15) is 0 Å². The van der Waals surface area contributed by atoms with Gasteiger partial charge < -0.3 is 5.32 Å². The van der Waals surface area contributed by atoms with Gasteiger partial charge in [0.2, 0.25) is 5.91 Å². The van der Waals surface area contributed by atoms with Gasteiger partial charge in [0.1, 0.15) is 0 Å². The van der Waals surface area contributed by atoms with Crippen LogP contribution >= 0.6 is 11.3 Å². The number of fused-ring (bicyclic) bond motifs is 1. The van der Waals surface area contributed by atoms with E-state index in [1.54, 1.807) is 0 Å². The Morgan fingerprint density at radius 2 is 1.62 bits per heavy atom. The van der Waals surface area contributed by atoms with Crippen LogP contribution in [-0.2, 0) is 17.6 Å². The molecule has 1 aliphatic rings. The van der Waals surface area contributed by atoms with Crippen molar-refractivity contribution in [1.82, 2.24) is 4.90 Å². The summed E-state index contributed by atoms with van der Waals surface area (Å²) in [5.41, 5.74) is 5.84. The molecule has 1 unspecified atom stereocenters. The molecule has 3 aromatic carbocycles. The molecule has 0 bridgehead atoms. The van der Waals surface area contributed by atoms with Crippen molar-refractivity contribution in [2.45, 2.75) is 18.9 Å². The van der Waals surface area contributed by atoms with Crippen LogP contribution in [0.3, 0.4) is 0 Å². The van der Waals surface area contributed by atoms with Crippen LogP contribution in [-0.4, -0.2) is 23.9 Å². The highest BCUT2D eigenvalue weighted by atomic mass is 32.1. The SMILES string of the molecule is O=C(CN1CCc2sccc2C1c1ccccc1)Nc1ccccc1Cc1ccccc1. The highest BCUT2D eigenvalue weighted by Gasteiger charge is 2.30. The topological polar surface area (TPSA) is 32.3 Å². The molecule has 0 saturated carbocycles. The number of nitrogens with zero attached hydrogens (tertiary/aromatic N) is 1. The Bertz CT molecular complexity index is 1190. The zero-order chi connectivity index (χ0) is 21.8. The van der Waals surface area contributed by atoms with Gasteiger partial charge in [0, 0.05) is 17.1 Å². The van der Waals surface area contributed by atoms with Crippen LogP contribution < -0.4 is 5.32 Å². The third-order valence-electron chi connectivity index (χ3n) is 6.06. The molecule has 4 aromatic rings. The standard InChI is InChI=1S/C28H26N2OS/c31-27(29-25-14-8-7-13-23(25)19-21-9-3-1-4-10-21)20-30-17-15-26-24(16-18-32-26)28(30)22-11-5-2-6-12-22/h1-14,16,18,28H,15,17,19-20H2,(H,29,31). The van der Waals surface area contributed by atoms with Gasteiger partial charge in [-0.15, -0.1) is 11.3 Å². The Morgan fingerprint density at radius 1 is 0.906 bits per heavy atom. The van der Waals surface area contributed by atoms with E-state index in [0.717, 1.165) is 30.6 Å². The normalized spacial score (nSPS) is 15.8. The third kappa shape index (κ3) is 4.52. The fourth-order valence-electron chi connectivity index (χ4n) is 4.55. The van der Waals surface area contributed by atoms with Gasteiger partial charge >= 0.3 is 0 Å². The molecule has 5 rings (SSSR count). The maximum absolute atomic E-state index is 13.2. The van der Waals surface area contributed by atoms with Crippen LogP contribution in [0.1, 0.15) is 33.2 Å². The van der Waals surface area contributed by atoms with Crippen LogP contribution in [0.2, 0.25) is 0 Å². The highest BCUT2D eigenvalue weighted by Crippen LogP contribution is 2.37. The first kappa shape index (κ1) is 20.7. The van der Waals surface area contributed by atoms with E-state index in [-0.39, 0.29) is 11.9 Å². The van der Waals surface area contributed by atoms with E-state index in [1.165, 1.54) is 21.6 Å². The lowest BCUT2D eigenvalue weighted by molar-refractivity contribution is -0.117. The summed E-state index contributed by atoms with van der Waals surface area (Å²) in [7, 11) is 0. The summed E-state index contributed by atoms with van der Waals surface area (Å²) in [5.74, 6) is 0.0325. The van der Waals surface area contributed by atoms with Gasteiger partial charge in [-0.25, -0.2) is 0 Å². The Balaban J connectivity index is 1.34. The van der Waals surface area contributed by atoms with Crippen molar-refractivity contribution in [3.8, 4) is 0 Å². The molecule has 0 fully saturated rings. The van der Waals surface area contributed by atoms with E-state index in [9.17, 15) is 4.79 Å². The molecule has 1 amide bonds. The molecular weight excluding hydrogens is 412 g/mol. The Morgan fingerprint density at radius 3 is 2.44 bits per heavy atom. The molecule has 1 aliphatic heterocycles. The van der Waals surface area contributed by atoms with Gasteiger partial charge in [0.05, 0.1) is 12.6 Å². The highest BCUT2D eigenvalue weighted by molar-refractivity contribution is 7.10. The number of amides is 1. The quantitative estimate of drug-likeness (QED) is 0.405. The first-order valence-corrected chi connectivity index (χ1v) is 11.9. The average Bonchev–Trinajstić information content (AvgIpc) is 3.30. The second-order valence-corrected chi connectivity index (χ2v) is 9.20. The molecule has 3 nitrogen and oxygen atoms in total. The first-order valence-electron chi connectivity index (χ1n) is 11.0. The lowest BCUT2D eigenvalue weighted by atomic mass is 9.93. The fraction of sp³-hybridized carbons (Fsp3) is 0.179. The number of rotatable bonds is 6. The smallest absolute Gasteiger partial charge is 0.238 e. The average molecular weight is 439 g/mol. The maximum Gasteiger partial charge on any atom is 0.238 e. The minimum absolute atomic E-state index is 0.0325. The predicted molar refractivity (Wildman–Crippen MR) is 132 cm³/mol. The van der Waals surface area contributed by atoms with Crippen molar-refractivity contribution in [1.29, 1.82) is 0 Å². The molecule has 0 spiro atoms. The monoisotopic (exact) mass is 438 g/mol. The van der Waals surface area contributed by atoms with Gasteiger partial charge in [-0.05, 0) is 52.6 Å². The summed E-state index contributed by atoms with van der Waals surface area (Å²) in [6.45, 7) is 1.25. The molecule has 0 saturated heterocycles. The van der Waals surface area contributed by atoms with Gasteiger partial charge in [0.15, 0.2) is 0 Å². The van der Waals surface area contributed by atoms with Crippen LogP contribution in [0.15, 0.2) is 96.4 Å². The number of anilines is 1. The molecule has 4 heteroatoms. The number of hydrogen-bond acceptors (Lipinski definition) is 3. The van der Waals surface area contributed by atoms with Gasteiger partial charge in [0.25, 0.3) is 0 Å². The summed E-state index contributed by atoms with van der Waals surface area (Å²) in [6, 6.07) is 31.3. The number of carbonyl (C=O) groups is 1. The molecule has 1 atom stereocenters. The van der Waals surface area contributed by atoms with Crippen molar-refractivity contribution < 1.29 is 4.79 Å². The molecule has 1 aromatic heterocycles. The molecule has 0 aliphatic carbocycles. The number of benzene rings is 3. The predicted octanol–water partition coefficient (Wildman–Crippen LogP) is 5.93. The maximum atomic E-state index is 13.2. The van der Waals surface area contributed by atoms with E-state index in [4.69, 9.17) is 0 Å². The van der Waals surface area contributed by atoms with Crippen molar-refractivity contribution in [3.05, 3.63) is 124 Å². The minimum atomic E-state index is 0.0325. The van der Waals surface area contributed by atoms with Crippen LogP contribution in [0.5, 0.6) is 0 Å². The number of para-hydroxylation sites is 1. The van der Waals surface area contributed by atoms with E-state index in [2.05, 4.69) is 76.3 Å². The third-order valence-corrected chi connectivity index (χ3v) is 7.05. The zero-order valence-corrected chi connectivity index (χ0v) is 18.7. The van der Waals surface area contributed by atoms with Crippen molar-refractivity contribution >= 4 is 22.9 Å². The van der Waals surface area contributed by atoms with E-state index in [1.807, 2.05) is 41.7 Å². The molecule has 1 N–H and O–H groups in total. The van der Waals surface area contributed by atoms with E-state index in [0.29, 0.717) is 6.54 Å². The Kier molecular flexibility index (Phi) is 6.15. The van der Waals surface area contributed by atoms with Crippen molar-refractivity contribution in [2.24, 2.45) is 0 Å². The summed E-state index contributed by atoms with van der Waals surface area (Å²) in [4.78, 5) is 16.9. The molecular formula is C28H26N2OS. The van der Waals surface area contributed by atoms with Gasteiger partial charge in [-0.3, -0.25) is 9.69 Å². The lowest BCUT2D eigenvalue weighted by Crippen LogP contribution is -2.40. The van der Waals surface area contributed by atoms with Crippen molar-refractivity contribution in [3.63, 3.8) is 0 Å². The first-order chi connectivity index (χ1) is 15.8. The van der Waals surface area contributed by atoms with Crippen molar-refractivity contribution in [2.75, 3.05) is 18.4 Å². The number of thiophene rings is 1. The summed E-state index contributed by atoms with van der Waals surface area (Å²) >= 11 is 1.82. The Labute approximate surface area is 193 Å². The Hall–Kier alpha value is -3.21. The largest absolute Gasteiger partial charge is 0.325 e. The van der Waals surface area contributed by atoms with Crippen LogP contribution in [0.25, 0.3) is 0 Å². The van der Waals surface area contributed by atoms with Crippen LogP contribution in [0.4, 0.5) is 5.69 Å². The molecule has 32 heavy (non-hydrogen) atoms. The lowest BCUT2D eigenvalue weighted by Gasteiger charge is -2.35. The summed E-state index contributed by atoms with van der Waals surface area (Å²) in [5, 5.41) is 5.36. The summed E-state index contributed by atoms with van der Waals surface area (Å²) in [6.07, 6.45) is 1.79. The van der Waals surface area contributed by atoms with E-state index < -0.39 is 0 Å². The minimum Gasteiger partial charge on any atom is -0.325 e. The van der Waals surface area contributed by atoms with Crippen LogP contribution in [0, 0.1) is 0 Å². The number of carbonyl (C=O) groups excluding carboxylic acids is 1. The molecule has 2 heterocycles. The number of nitrogens with one attached hydrogen (secondary N) is 1. The second kappa shape index (κ2) is 9.51. The molecule has 160 valence electrons. The second-order valence-electron chi connectivity index (χ2n) is 8.20. The van der Waals surface area contributed by atoms with E-state index >= 15 is 0 Å². The zero-order valence-electron chi connectivity index (χ0n) is 17.9. The fourth-order valence-corrected chi connectivity index (χ4v) is 5.45. The summed E-state index contributed by atoms with van der Waals surface area (Å²) < 4.78 is 0.